The van der Waals surface area contributed by atoms with Crippen molar-refractivity contribution in [1.82, 2.24) is 49.0 Å². The summed E-state index contributed by atoms with van der Waals surface area (Å²) in [6, 6.07) is 9.09. The number of pyridine rings is 1. The van der Waals surface area contributed by atoms with Crippen molar-refractivity contribution in [3.05, 3.63) is 104 Å². The summed E-state index contributed by atoms with van der Waals surface area (Å²) in [7, 11) is -3.56. The van der Waals surface area contributed by atoms with Crippen LogP contribution >= 0.6 is 23.2 Å². The van der Waals surface area contributed by atoms with Crippen LogP contribution < -0.4 is 49.5 Å². The summed E-state index contributed by atoms with van der Waals surface area (Å²) in [5.41, 5.74) is -0.935. The van der Waals surface area contributed by atoms with E-state index in [9.17, 15) is 58.4 Å². The average molecular weight is 1210 g/mol. The number of nitrogens with zero attached hydrogens (tertiary/aromatic N) is 8. The lowest BCUT2D eigenvalue weighted by molar-refractivity contribution is -0.0579. The molecule has 2 aromatic carbocycles. The molecule has 0 atom stereocenters. The second-order valence-corrected chi connectivity index (χ2v) is 20.0. The molecule has 428 valence electrons. The molecular weight excluding hydrogens is 1160 g/mol. The maximum absolute atomic E-state index is 12.5. The molecule has 5 N–H and O–H groups in total. The second kappa shape index (κ2) is 27.5. The summed E-state index contributed by atoms with van der Waals surface area (Å²) in [6.45, 7) is -1.13. The number of hydrogen-bond donors (Lipinski definition) is 5. The highest BCUT2D eigenvalue weighted by Gasteiger charge is 2.29. The van der Waals surface area contributed by atoms with Crippen molar-refractivity contribution in [2.24, 2.45) is 0 Å². The van der Waals surface area contributed by atoms with Gasteiger partial charge in [0.1, 0.15) is 17.3 Å². The van der Waals surface area contributed by atoms with Crippen LogP contribution in [0, 0.1) is 12.3 Å². The number of anilines is 2. The summed E-state index contributed by atoms with van der Waals surface area (Å²) in [5, 5.41) is 17.0. The van der Waals surface area contributed by atoms with Crippen molar-refractivity contribution in [3.8, 4) is 47.3 Å². The van der Waals surface area contributed by atoms with Gasteiger partial charge in [-0.25, -0.2) is 42.0 Å². The topological polar surface area (TPSA) is 367 Å². The van der Waals surface area contributed by atoms with E-state index >= 15 is 0 Å². The van der Waals surface area contributed by atoms with Crippen molar-refractivity contribution in [3.63, 3.8) is 0 Å². The van der Waals surface area contributed by atoms with Crippen LogP contribution in [0.2, 0.25) is 10.0 Å². The maximum Gasteiger partial charge on any atom is 0.442 e. The SMILES string of the molecule is C#CCOc1cc(-n2nc(C(C)(C)C)oc2=O)c(Cl)cc1Cl.COc1cc(OC)nc(NC(=O)NS(=O)(=O)c2ncccc2C(=O)N(C)C)n1.O=C(Nc1nc(OC(F)F)cc(OC(F)F)n1)NS(=O)(=O)c1ccccc1C(=O)O. The fourth-order valence-electron chi connectivity index (χ4n) is 5.56. The molecule has 0 saturated heterocycles. The van der Waals surface area contributed by atoms with Crippen LogP contribution in [0.3, 0.4) is 0 Å². The Hall–Kier alpha value is -9.07. The number of rotatable bonds is 17. The third-order valence-electron chi connectivity index (χ3n) is 8.90. The van der Waals surface area contributed by atoms with E-state index < -0.39 is 102 Å². The molecule has 0 spiro atoms. The number of carboxylic acid groups (broad SMARTS) is 1. The van der Waals surface area contributed by atoms with Crippen LogP contribution in [0.4, 0.5) is 39.0 Å². The Balaban J connectivity index is 0.000000261. The Labute approximate surface area is 459 Å². The van der Waals surface area contributed by atoms with E-state index in [2.05, 4.69) is 50.7 Å². The minimum Gasteiger partial charge on any atom is -0.481 e. The minimum atomic E-state index is -4.71. The molecule has 36 heteroatoms. The maximum atomic E-state index is 12.5. The monoisotopic (exact) mass is 1200 g/mol. The molecule has 0 saturated carbocycles. The molecule has 0 fully saturated rings. The van der Waals surface area contributed by atoms with Gasteiger partial charge in [0.2, 0.25) is 41.3 Å². The number of hydrogen-bond acceptors (Lipinski definition) is 21. The van der Waals surface area contributed by atoms with Crippen LogP contribution in [0.5, 0.6) is 29.3 Å². The number of benzene rings is 2. The molecule has 0 aliphatic heterocycles. The number of alkyl halides is 4. The lowest BCUT2D eigenvalue weighted by atomic mass is 9.97. The number of carboxylic acids is 1. The van der Waals surface area contributed by atoms with Gasteiger partial charge in [-0.05, 0) is 30.3 Å². The fraction of sp³-hybridized carbons (Fsp3) is 0.250. The van der Waals surface area contributed by atoms with Gasteiger partial charge in [0.25, 0.3) is 26.0 Å². The zero-order chi connectivity index (χ0) is 59.9. The Morgan fingerprint density at radius 1 is 0.787 bits per heavy atom. The number of carbonyl (C=O) groups excluding carboxylic acids is 3. The average Bonchev–Trinajstić information content (AvgIpc) is 3.78. The fourth-order valence-corrected chi connectivity index (χ4v) is 8.23. The van der Waals surface area contributed by atoms with E-state index in [-0.39, 0.29) is 39.9 Å². The highest BCUT2D eigenvalue weighted by Crippen LogP contribution is 2.33. The van der Waals surface area contributed by atoms with Crippen molar-refractivity contribution < 1.29 is 86.8 Å². The summed E-state index contributed by atoms with van der Waals surface area (Å²) in [4.78, 5) is 77.8. The van der Waals surface area contributed by atoms with Crippen LogP contribution in [0.15, 0.2) is 86.0 Å². The van der Waals surface area contributed by atoms with Crippen LogP contribution in [-0.4, -0.2) is 134 Å². The van der Waals surface area contributed by atoms with Gasteiger partial charge in [-0.1, -0.05) is 62.0 Å². The smallest absolute Gasteiger partial charge is 0.442 e. The summed E-state index contributed by atoms with van der Waals surface area (Å²) < 4.78 is 131. The summed E-state index contributed by atoms with van der Waals surface area (Å²) >= 11 is 12.2. The van der Waals surface area contributed by atoms with Gasteiger partial charge in [0.15, 0.2) is 5.03 Å². The molecule has 0 bridgehead atoms. The predicted molar refractivity (Wildman–Crippen MR) is 270 cm³/mol. The van der Waals surface area contributed by atoms with E-state index in [0.717, 1.165) is 16.8 Å². The number of methoxy groups -OCH3 is 2. The van der Waals surface area contributed by atoms with Gasteiger partial charge in [-0.3, -0.25) is 15.4 Å². The number of ether oxygens (including phenoxy) is 5. The molecule has 28 nitrogen and oxygen atoms in total. The molecule has 0 aliphatic rings. The number of terminal acetylenes is 1. The minimum absolute atomic E-state index is 0.0434. The molecular formula is C44H42Cl2F4N12O16S2. The Kier molecular flexibility index (Phi) is 21.8. The first-order chi connectivity index (χ1) is 37.4. The van der Waals surface area contributed by atoms with Gasteiger partial charge < -0.3 is 38.1 Å². The van der Waals surface area contributed by atoms with Crippen LogP contribution in [-0.2, 0) is 25.5 Å². The van der Waals surface area contributed by atoms with E-state index in [0.29, 0.717) is 23.4 Å². The number of carbonyl (C=O) groups is 4. The zero-order valence-electron chi connectivity index (χ0n) is 42.0. The molecule has 5 amide bonds. The molecule has 0 radical (unpaired) electrons. The zero-order valence-corrected chi connectivity index (χ0v) is 45.2. The number of sulfonamides is 2. The lowest BCUT2D eigenvalue weighted by Gasteiger charge is -2.14. The largest absolute Gasteiger partial charge is 0.481 e. The molecule has 0 unspecified atom stereocenters. The first kappa shape index (κ1) is 63.5. The van der Waals surface area contributed by atoms with Crippen molar-refractivity contribution in [2.45, 2.75) is 49.3 Å². The van der Waals surface area contributed by atoms with Gasteiger partial charge in [-0.2, -0.15) is 50.6 Å². The van der Waals surface area contributed by atoms with Crippen LogP contribution in [0.25, 0.3) is 5.69 Å². The summed E-state index contributed by atoms with van der Waals surface area (Å²) in [6.07, 6.45) is 6.34. The normalized spacial score (nSPS) is 11.1. The highest BCUT2D eigenvalue weighted by molar-refractivity contribution is 7.90. The first-order valence-corrected chi connectivity index (χ1v) is 25.2. The quantitative estimate of drug-likeness (QED) is 0.0561. The number of nitrogens with one attached hydrogen (secondary N) is 4. The molecule has 0 aliphatic carbocycles. The number of aromatic carboxylic acids is 1. The van der Waals surface area contributed by atoms with E-state index in [1.165, 1.54) is 86.6 Å². The third-order valence-corrected chi connectivity index (χ3v) is 12.2. The highest BCUT2D eigenvalue weighted by atomic mass is 35.5. The van der Waals surface area contributed by atoms with E-state index in [4.69, 9.17) is 53.4 Å². The Morgan fingerprint density at radius 2 is 1.30 bits per heavy atom. The van der Waals surface area contributed by atoms with Crippen molar-refractivity contribution in [2.75, 3.05) is 45.6 Å². The number of urea groups is 2. The number of aromatic nitrogens is 7. The van der Waals surface area contributed by atoms with Gasteiger partial charge in [0.05, 0.1) is 53.2 Å². The molecule has 4 aromatic heterocycles. The van der Waals surface area contributed by atoms with Gasteiger partial charge in [-0.15, -0.1) is 11.5 Å². The van der Waals surface area contributed by atoms with Crippen molar-refractivity contribution in [1.29, 1.82) is 0 Å². The van der Waals surface area contributed by atoms with E-state index in [1.54, 1.807) is 10.0 Å². The molecule has 4 heterocycles. The number of halogens is 6. The second-order valence-electron chi connectivity index (χ2n) is 15.9. The molecule has 80 heavy (non-hydrogen) atoms. The number of amides is 5. The predicted octanol–water partition coefficient (Wildman–Crippen LogP) is 5.43. The molecule has 6 aromatic rings. The first-order valence-electron chi connectivity index (χ1n) is 21.5. The van der Waals surface area contributed by atoms with Crippen molar-refractivity contribution >= 4 is 79.1 Å². The summed E-state index contributed by atoms with van der Waals surface area (Å²) in [5.74, 6) is -2.81. The van der Waals surface area contributed by atoms with Gasteiger partial charge in [0, 0.05) is 31.8 Å². The standard InChI is InChI=1S/C15H14Cl2N2O3.C15H18N6O6S.C14H10F4N4O7S/c1-5-6-21-12-8-11(9(16)7-10(12)17)19-14(20)22-13(18-19)15(2,3)4;1-21(2)13(22)9-6-5-7-16-12(9)28(24,25)20-15(23)19-14-17-10(26-3)8-11(18-14)27-4;15-11(16)28-8-5-9(29-12(17)18)20-13(19-8)21-14(25)22-30(26,27)7-4-2-1-3-6(7)10(23)24/h1,7-8H,6H2,2-4H3;5-8H,1-4H3,(H2,17,18,19,20,23);1-5,11-12H,(H,23,24)(H2,19,20,21,22,25). The lowest BCUT2D eigenvalue weighted by Crippen LogP contribution is -2.36. The van der Waals surface area contributed by atoms with E-state index in [1.807, 2.05) is 20.8 Å². The van der Waals surface area contributed by atoms with Crippen LogP contribution in [0.1, 0.15) is 47.4 Å². The third kappa shape index (κ3) is 18.0. The molecule has 6 rings (SSSR count). The Morgan fingerprint density at radius 3 is 1.79 bits per heavy atom. The Bertz CT molecular complexity index is 3540. The van der Waals surface area contributed by atoms with Gasteiger partial charge >= 0.3 is 37.0 Å².